The smallest absolute Gasteiger partial charge is 0.271 e. The zero-order chi connectivity index (χ0) is 17.1. The van der Waals surface area contributed by atoms with Gasteiger partial charge in [0, 0.05) is 38.2 Å². The first-order chi connectivity index (χ1) is 12.3. The van der Waals surface area contributed by atoms with E-state index < -0.39 is 0 Å². The molecule has 1 saturated carbocycles. The molecule has 136 valence electrons. The lowest BCUT2D eigenvalue weighted by Crippen LogP contribution is -2.59. The maximum Gasteiger partial charge on any atom is 0.271 e. The van der Waals surface area contributed by atoms with E-state index in [1.165, 1.54) is 44.8 Å². The minimum absolute atomic E-state index is 0.0817. The average Bonchev–Trinajstić information content (AvgIpc) is 2.67. The van der Waals surface area contributed by atoms with Gasteiger partial charge in [-0.15, -0.1) is 0 Å². The highest BCUT2D eigenvalue weighted by Gasteiger charge is 2.48. The first-order valence-corrected chi connectivity index (χ1v) is 9.62. The van der Waals surface area contributed by atoms with Gasteiger partial charge in [-0.25, -0.2) is 4.98 Å². The van der Waals surface area contributed by atoms with E-state index in [0.29, 0.717) is 17.2 Å². The second kappa shape index (κ2) is 7.38. The molecule has 0 bridgehead atoms. The Labute approximate surface area is 149 Å². The minimum atomic E-state index is -0.0817. The fraction of sp³-hybridized carbons (Fsp3) is 0.737. The highest BCUT2D eigenvalue weighted by Crippen LogP contribution is 2.49. The van der Waals surface area contributed by atoms with Crippen LogP contribution in [0.4, 0.5) is 0 Å². The first-order valence-electron chi connectivity index (χ1n) is 9.62. The van der Waals surface area contributed by atoms with E-state index in [0.717, 1.165) is 38.6 Å². The Balaban J connectivity index is 1.28. The monoisotopic (exact) mass is 344 g/mol. The van der Waals surface area contributed by atoms with Crippen molar-refractivity contribution in [3.05, 3.63) is 24.3 Å². The molecule has 3 heterocycles. The van der Waals surface area contributed by atoms with Crippen molar-refractivity contribution in [2.24, 2.45) is 11.3 Å². The zero-order valence-corrected chi connectivity index (χ0v) is 14.8. The normalized spacial score (nSPS) is 27.0. The van der Waals surface area contributed by atoms with Gasteiger partial charge in [0.05, 0.1) is 6.20 Å². The molecule has 25 heavy (non-hydrogen) atoms. The van der Waals surface area contributed by atoms with Gasteiger partial charge in [-0.2, -0.15) is 0 Å². The van der Waals surface area contributed by atoms with Crippen molar-refractivity contribution in [3.63, 3.8) is 0 Å². The van der Waals surface area contributed by atoms with Crippen LogP contribution in [0.3, 0.4) is 0 Å². The van der Waals surface area contributed by atoms with Crippen molar-refractivity contribution >= 4 is 5.91 Å². The van der Waals surface area contributed by atoms with Gasteiger partial charge in [-0.05, 0) is 62.9 Å². The van der Waals surface area contributed by atoms with E-state index in [9.17, 15) is 4.79 Å². The Hall–Kier alpha value is -1.53. The molecule has 0 radical (unpaired) electrons. The third-order valence-electron chi connectivity index (χ3n) is 6.48. The van der Waals surface area contributed by atoms with Crippen LogP contribution in [-0.2, 0) is 4.74 Å². The van der Waals surface area contributed by atoms with E-state index in [-0.39, 0.29) is 5.91 Å². The van der Waals surface area contributed by atoms with E-state index >= 15 is 0 Å². The number of nitrogens with one attached hydrogen (secondary N) is 1. The molecule has 1 atom stereocenters. The third-order valence-corrected chi connectivity index (χ3v) is 6.48. The van der Waals surface area contributed by atoms with E-state index in [2.05, 4.69) is 20.2 Å². The van der Waals surface area contributed by atoms with Crippen LogP contribution in [-0.4, -0.2) is 59.7 Å². The quantitative estimate of drug-likeness (QED) is 0.903. The highest BCUT2D eigenvalue weighted by atomic mass is 16.5. The lowest BCUT2D eigenvalue weighted by Gasteiger charge is -2.54. The number of likely N-dealkylation sites (tertiary alicyclic amines) is 1. The summed E-state index contributed by atoms with van der Waals surface area (Å²) in [6, 6.07) is 0.298. The van der Waals surface area contributed by atoms with E-state index in [4.69, 9.17) is 4.74 Å². The number of hydrogen-bond donors (Lipinski definition) is 1. The van der Waals surface area contributed by atoms with Gasteiger partial charge in [0.1, 0.15) is 5.69 Å². The molecule has 1 aromatic rings. The van der Waals surface area contributed by atoms with Crippen molar-refractivity contribution in [1.82, 2.24) is 20.2 Å². The Bertz CT molecular complexity index is 580. The number of ether oxygens (including phenoxy) is 1. The molecule has 3 fully saturated rings. The second-order valence-corrected chi connectivity index (χ2v) is 7.87. The number of carbonyl (C=O) groups excluding carboxylic acids is 1. The Morgan fingerprint density at radius 2 is 2.00 bits per heavy atom. The van der Waals surface area contributed by atoms with Gasteiger partial charge in [0.25, 0.3) is 5.91 Å². The van der Waals surface area contributed by atoms with Crippen LogP contribution in [0, 0.1) is 11.3 Å². The summed E-state index contributed by atoms with van der Waals surface area (Å²) in [5.41, 5.74) is 0.728. The summed E-state index contributed by atoms with van der Waals surface area (Å²) in [5.74, 6) is 0.721. The molecular formula is C19H28N4O2. The van der Waals surface area contributed by atoms with Crippen molar-refractivity contribution in [1.29, 1.82) is 0 Å². The molecule has 4 rings (SSSR count). The molecular weight excluding hydrogens is 316 g/mol. The van der Waals surface area contributed by atoms with Gasteiger partial charge < -0.3 is 15.0 Å². The summed E-state index contributed by atoms with van der Waals surface area (Å²) in [5, 5.41) is 3.21. The zero-order valence-electron chi connectivity index (χ0n) is 14.8. The summed E-state index contributed by atoms with van der Waals surface area (Å²) < 4.78 is 5.47. The van der Waals surface area contributed by atoms with Crippen LogP contribution in [0.15, 0.2) is 18.6 Å². The predicted molar refractivity (Wildman–Crippen MR) is 94.2 cm³/mol. The number of piperidine rings is 1. The summed E-state index contributed by atoms with van der Waals surface area (Å²) in [4.78, 5) is 23.1. The molecule has 2 saturated heterocycles. The molecule has 1 aliphatic carbocycles. The SMILES string of the molecule is O=C(N[C@@H]1CCC12CCN(CC1CCOCC1)CC2)c1cnccn1. The highest BCUT2D eigenvalue weighted by molar-refractivity contribution is 5.92. The third kappa shape index (κ3) is 3.70. The van der Waals surface area contributed by atoms with Gasteiger partial charge >= 0.3 is 0 Å². The van der Waals surface area contributed by atoms with Crippen LogP contribution in [0.5, 0.6) is 0 Å². The maximum atomic E-state index is 12.4. The van der Waals surface area contributed by atoms with Crippen LogP contribution in [0.2, 0.25) is 0 Å². The standard InChI is InChI=1S/C19H28N4O2/c24-18(16-13-20-7-8-21-16)22-17-1-4-19(17)5-9-23(10-6-19)14-15-2-11-25-12-3-15/h7-8,13,15,17H,1-6,9-12,14H2,(H,22,24)/t17-/m1/s1. The number of nitrogens with zero attached hydrogens (tertiary/aromatic N) is 3. The lowest BCUT2D eigenvalue weighted by molar-refractivity contribution is -0.0158. The van der Waals surface area contributed by atoms with Crippen LogP contribution < -0.4 is 5.32 Å². The van der Waals surface area contributed by atoms with Crippen LogP contribution in [0.1, 0.15) is 49.0 Å². The maximum absolute atomic E-state index is 12.4. The van der Waals surface area contributed by atoms with Gasteiger partial charge in [-0.1, -0.05) is 0 Å². The average molecular weight is 344 g/mol. The molecule has 6 nitrogen and oxygen atoms in total. The molecule has 1 N–H and O–H groups in total. The molecule has 0 aromatic carbocycles. The van der Waals surface area contributed by atoms with Crippen molar-refractivity contribution in [3.8, 4) is 0 Å². The fourth-order valence-electron chi connectivity index (χ4n) is 4.64. The number of rotatable bonds is 4. The Morgan fingerprint density at radius 3 is 2.64 bits per heavy atom. The summed E-state index contributed by atoms with van der Waals surface area (Å²) >= 11 is 0. The first kappa shape index (κ1) is 16.9. The van der Waals surface area contributed by atoms with Gasteiger partial charge in [-0.3, -0.25) is 9.78 Å². The largest absolute Gasteiger partial charge is 0.381 e. The fourth-order valence-corrected chi connectivity index (χ4v) is 4.64. The Morgan fingerprint density at radius 1 is 1.20 bits per heavy atom. The molecule has 1 spiro atoms. The van der Waals surface area contributed by atoms with E-state index in [1.54, 1.807) is 12.4 Å². The molecule has 6 heteroatoms. The Kier molecular flexibility index (Phi) is 4.99. The van der Waals surface area contributed by atoms with Gasteiger partial charge in [0.2, 0.25) is 0 Å². The molecule has 3 aliphatic rings. The van der Waals surface area contributed by atoms with Crippen LogP contribution >= 0.6 is 0 Å². The van der Waals surface area contributed by atoms with E-state index in [1.807, 2.05) is 0 Å². The molecule has 1 aromatic heterocycles. The number of hydrogen-bond acceptors (Lipinski definition) is 5. The summed E-state index contributed by atoms with van der Waals surface area (Å²) in [7, 11) is 0. The van der Waals surface area contributed by atoms with Crippen LogP contribution in [0.25, 0.3) is 0 Å². The predicted octanol–water partition coefficient (Wildman–Crippen LogP) is 1.88. The summed E-state index contributed by atoms with van der Waals surface area (Å²) in [6.07, 6.45) is 11.8. The van der Waals surface area contributed by atoms with Crippen molar-refractivity contribution in [2.45, 2.75) is 44.6 Å². The second-order valence-electron chi connectivity index (χ2n) is 7.87. The topological polar surface area (TPSA) is 67.4 Å². The number of aromatic nitrogens is 2. The van der Waals surface area contributed by atoms with Crippen molar-refractivity contribution < 1.29 is 9.53 Å². The molecule has 2 aliphatic heterocycles. The lowest BCUT2D eigenvalue weighted by atomic mass is 9.59. The van der Waals surface area contributed by atoms with Gasteiger partial charge in [0.15, 0.2) is 0 Å². The molecule has 0 unspecified atom stereocenters. The summed E-state index contributed by atoms with van der Waals surface area (Å²) in [6.45, 7) is 5.40. The number of amides is 1. The molecule has 1 amide bonds. The number of carbonyl (C=O) groups is 1. The van der Waals surface area contributed by atoms with Crippen molar-refractivity contribution in [2.75, 3.05) is 32.8 Å². The minimum Gasteiger partial charge on any atom is -0.381 e.